The average molecular weight is 317 g/mol. The molecule has 0 aliphatic carbocycles. The number of aliphatic hydroxyl groups excluding tert-OH is 2. The maximum absolute atomic E-state index is 12.2. The number of rotatable bonds is 7. The summed E-state index contributed by atoms with van der Waals surface area (Å²) in [4.78, 5) is 11.2. The van der Waals surface area contributed by atoms with E-state index < -0.39 is 34.7 Å². The third-order valence-corrected chi connectivity index (χ3v) is 4.81. The van der Waals surface area contributed by atoms with Gasteiger partial charge in [0.25, 0.3) is 0 Å². The molecule has 1 aromatic rings. The second-order valence-electron chi connectivity index (χ2n) is 4.57. The fourth-order valence-corrected chi connectivity index (χ4v) is 3.10. The average Bonchev–Trinajstić information content (AvgIpc) is 2.52. The number of carbonyl (C=O) groups is 1. The highest BCUT2D eigenvalue weighted by atomic mass is 32.2. The highest BCUT2D eigenvalue weighted by molar-refractivity contribution is 7.89. The molecule has 0 fully saturated rings. The van der Waals surface area contributed by atoms with Crippen molar-refractivity contribution in [1.82, 2.24) is 4.72 Å². The zero-order valence-electron chi connectivity index (χ0n) is 11.9. The van der Waals surface area contributed by atoms with Crippen molar-refractivity contribution in [3.8, 4) is 0 Å². The first-order valence-corrected chi connectivity index (χ1v) is 7.76. The number of hydrogen-bond acceptors (Lipinski definition) is 6. The summed E-state index contributed by atoms with van der Waals surface area (Å²) in [6.07, 6.45) is 0.222. The van der Waals surface area contributed by atoms with Crippen LogP contribution in [0.15, 0.2) is 29.2 Å². The van der Waals surface area contributed by atoms with E-state index in [9.17, 15) is 23.4 Å². The summed E-state index contributed by atoms with van der Waals surface area (Å²) in [5.41, 5.74) is -1.10. The molecule has 0 heterocycles. The first kappa shape index (κ1) is 17.6. The van der Waals surface area contributed by atoms with Gasteiger partial charge in [-0.05, 0) is 30.7 Å². The smallest absolute Gasteiger partial charge is 0.337 e. The van der Waals surface area contributed by atoms with Crippen LogP contribution in [0.4, 0.5) is 0 Å². The first-order valence-electron chi connectivity index (χ1n) is 6.28. The van der Waals surface area contributed by atoms with Gasteiger partial charge in [-0.3, -0.25) is 0 Å². The monoisotopic (exact) mass is 317 g/mol. The highest BCUT2D eigenvalue weighted by Gasteiger charge is 2.32. The standard InChI is InChI=1S/C13H19NO6S/c1-3-13(8-15,9-16)14-21(18,19)11-6-4-10(5-7-11)12(17)20-2/h4-7,14-16H,3,8-9H2,1-2H3. The van der Waals surface area contributed by atoms with Crippen molar-refractivity contribution in [2.24, 2.45) is 0 Å². The van der Waals surface area contributed by atoms with Crippen molar-refractivity contribution >= 4 is 16.0 Å². The summed E-state index contributed by atoms with van der Waals surface area (Å²) in [6.45, 7) is 0.592. The number of sulfonamides is 1. The number of carbonyl (C=O) groups excluding carboxylic acids is 1. The molecular weight excluding hydrogens is 298 g/mol. The molecule has 1 rings (SSSR count). The lowest BCUT2D eigenvalue weighted by Crippen LogP contribution is -2.53. The minimum absolute atomic E-state index is 0.0742. The highest BCUT2D eigenvalue weighted by Crippen LogP contribution is 2.17. The zero-order chi connectivity index (χ0) is 16.1. The fourth-order valence-electron chi connectivity index (χ4n) is 1.64. The van der Waals surface area contributed by atoms with E-state index in [2.05, 4.69) is 9.46 Å². The van der Waals surface area contributed by atoms with Crippen LogP contribution in [0.5, 0.6) is 0 Å². The van der Waals surface area contributed by atoms with E-state index in [1.54, 1.807) is 6.92 Å². The van der Waals surface area contributed by atoms with Gasteiger partial charge in [0.05, 0.1) is 36.3 Å². The third-order valence-electron chi connectivity index (χ3n) is 3.22. The van der Waals surface area contributed by atoms with Crippen molar-refractivity contribution in [2.75, 3.05) is 20.3 Å². The number of esters is 1. The molecule has 21 heavy (non-hydrogen) atoms. The van der Waals surface area contributed by atoms with Crippen LogP contribution in [0, 0.1) is 0 Å². The molecule has 7 nitrogen and oxygen atoms in total. The summed E-state index contributed by atoms with van der Waals surface area (Å²) in [7, 11) is -2.70. The summed E-state index contributed by atoms with van der Waals surface area (Å²) >= 11 is 0. The van der Waals surface area contributed by atoms with Crippen molar-refractivity contribution < 1.29 is 28.2 Å². The summed E-state index contributed by atoms with van der Waals surface area (Å²) < 4.78 is 31.3. The lowest BCUT2D eigenvalue weighted by molar-refractivity contribution is 0.0600. The maximum Gasteiger partial charge on any atom is 0.337 e. The second kappa shape index (κ2) is 6.99. The van der Waals surface area contributed by atoms with E-state index in [1.807, 2.05) is 0 Å². The minimum Gasteiger partial charge on any atom is -0.465 e. The molecular formula is C13H19NO6S. The number of hydrogen-bond donors (Lipinski definition) is 3. The Morgan fingerprint density at radius 1 is 1.24 bits per heavy atom. The lowest BCUT2D eigenvalue weighted by atomic mass is 10.0. The molecule has 0 aromatic heterocycles. The largest absolute Gasteiger partial charge is 0.465 e. The van der Waals surface area contributed by atoms with Crippen molar-refractivity contribution in [3.63, 3.8) is 0 Å². The number of aliphatic hydroxyl groups is 2. The topological polar surface area (TPSA) is 113 Å². The van der Waals surface area contributed by atoms with Gasteiger partial charge in [-0.1, -0.05) is 6.92 Å². The Balaban J connectivity index is 3.05. The van der Waals surface area contributed by atoms with Crippen LogP contribution >= 0.6 is 0 Å². The number of methoxy groups -OCH3 is 1. The molecule has 0 aliphatic rings. The molecule has 3 N–H and O–H groups in total. The van der Waals surface area contributed by atoms with E-state index in [4.69, 9.17) is 0 Å². The Labute approximate surface area is 123 Å². The van der Waals surface area contributed by atoms with Gasteiger partial charge in [0.2, 0.25) is 10.0 Å². The minimum atomic E-state index is -3.93. The zero-order valence-corrected chi connectivity index (χ0v) is 12.7. The Morgan fingerprint density at radius 3 is 2.14 bits per heavy atom. The van der Waals surface area contributed by atoms with Crippen LogP contribution in [-0.2, 0) is 14.8 Å². The molecule has 0 saturated heterocycles. The van der Waals surface area contributed by atoms with Gasteiger partial charge in [-0.25, -0.2) is 17.9 Å². The molecule has 0 aliphatic heterocycles. The summed E-state index contributed by atoms with van der Waals surface area (Å²) in [5, 5.41) is 18.6. The van der Waals surface area contributed by atoms with E-state index in [0.717, 1.165) is 0 Å². The Kier molecular flexibility index (Phi) is 5.85. The van der Waals surface area contributed by atoms with Gasteiger partial charge in [-0.15, -0.1) is 0 Å². The fraction of sp³-hybridized carbons (Fsp3) is 0.462. The Bertz CT molecular complexity index is 569. The van der Waals surface area contributed by atoms with Crippen molar-refractivity contribution in [1.29, 1.82) is 0 Å². The van der Waals surface area contributed by atoms with E-state index in [1.165, 1.54) is 31.4 Å². The van der Waals surface area contributed by atoms with Crippen molar-refractivity contribution in [3.05, 3.63) is 29.8 Å². The van der Waals surface area contributed by atoms with Crippen LogP contribution in [0.3, 0.4) is 0 Å². The molecule has 118 valence electrons. The van der Waals surface area contributed by atoms with Gasteiger partial charge in [0, 0.05) is 0 Å². The molecule has 8 heteroatoms. The van der Waals surface area contributed by atoms with Gasteiger partial charge < -0.3 is 14.9 Å². The molecule has 0 radical (unpaired) electrons. The quantitative estimate of drug-likeness (QED) is 0.605. The van der Waals surface area contributed by atoms with Crippen LogP contribution < -0.4 is 4.72 Å². The Hall–Kier alpha value is -1.48. The van der Waals surface area contributed by atoms with Crippen LogP contribution in [0.25, 0.3) is 0 Å². The number of benzene rings is 1. The number of ether oxygens (including phenoxy) is 1. The summed E-state index contributed by atoms with van der Waals surface area (Å²) in [6, 6.07) is 5.16. The normalized spacial score (nSPS) is 12.2. The van der Waals surface area contributed by atoms with Crippen LogP contribution in [0.2, 0.25) is 0 Å². The lowest BCUT2D eigenvalue weighted by Gasteiger charge is -2.29. The van der Waals surface area contributed by atoms with E-state index in [-0.39, 0.29) is 16.9 Å². The predicted octanol–water partition coefficient (Wildman–Crippen LogP) is -0.115. The summed E-state index contributed by atoms with van der Waals surface area (Å²) in [5.74, 6) is -0.569. The molecule has 0 saturated carbocycles. The van der Waals surface area contributed by atoms with Crippen LogP contribution in [-0.4, -0.2) is 50.5 Å². The molecule has 0 atom stereocenters. The van der Waals surface area contributed by atoms with E-state index >= 15 is 0 Å². The van der Waals surface area contributed by atoms with Gasteiger partial charge in [0.15, 0.2) is 0 Å². The maximum atomic E-state index is 12.2. The molecule has 0 amide bonds. The predicted molar refractivity (Wildman–Crippen MR) is 75.3 cm³/mol. The number of nitrogens with one attached hydrogen (secondary N) is 1. The van der Waals surface area contributed by atoms with E-state index in [0.29, 0.717) is 0 Å². The third kappa shape index (κ3) is 4.01. The van der Waals surface area contributed by atoms with Crippen molar-refractivity contribution in [2.45, 2.75) is 23.8 Å². The second-order valence-corrected chi connectivity index (χ2v) is 6.25. The molecule has 0 bridgehead atoms. The van der Waals surface area contributed by atoms with Gasteiger partial charge in [-0.2, -0.15) is 0 Å². The first-order chi connectivity index (χ1) is 9.84. The van der Waals surface area contributed by atoms with Gasteiger partial charge >= 0.3 is 5.97 Å². The Morgan fingerprint density at radius 2 is 1.76 bits per heavy atom. The SMILES string of the molecule is CCC(CO)(CO)NS(=O)(=O)c1ccc(C(=O)OC)cc1. The molecule has 1 aromatic carbocycles. The van der Waals surface area contributed by atoms with Gasteiger partial charge in [0.1, 0.15) is 0 Å². The van der Waals surface area contributed by atoms with Crippen LogP contribution in [0.1, 0.15) is 23.7 Å². The molecule has 0 unspecified atom stereocenters. The molecule has 0 spiro atoms.